The van der Waals surface area contributed by atoms with Gasteiger partial charge in [-0.15, -0.1) is 0 Å². The van der Waals surface area contributed by atoms with Crippen molar-refractivity contribution in [2.45, 2.75) is 38.0 Å². The molecule has 0 bridgehead atoms. The molecule has 20 heavy (non-hydrogen) atoms. The van der Waals surface area contributed by atoms with Crippen molar-refractivity contribution in [2.75, 3.05) is 18.8 Å². The minimum Gasteiger partial charge on any atom is -0.398 e. The number of nitrogens with zero attached hydrogens (tertiary/aromatic N) is 1. The molecular weight excluding hydrogens is 272 g/mol. The van der Waals surface area contributed by atoms with E-state index in [1.807, 2.05) is 32.1 Å². The van der Waals surface area contributed by atoms with Crippen molar-refractivity contribution in [3.8, 4) is 0 Å². The van der Waals surface area contributed by atoms with Gasteiger partial charge in [-0.25, -0.2) is 8.42 Å². The quantitative estimate of drug-likeness (QED) is 0.685. The maximum atomic E-state index is 12.8. The smallest absolute Gasteiger partial charge is 0.243 e. The number of rotatable bonds is 4. The van der Waals surface area contributed by atoms with Crippen LogP contribution in [0.1, 0.15) is 31.4 Å². The summed E-state index contributed by atoms with van der Waals surface area (Å²) in [6, 6.07) is 3.66. The third kappa shape index (κ3) is 2.74. The van der Waals surface area contributed by atoms with Crippen molar-refractivity contribution < 1.29 is 8.42 Å². The molecule has 2 rings (SSSR count). The van der Waals surface area contributed by atoms with E-state index >= 15 is 0 Å². The van der Waals surface area contributed by atoms with E-state index in [9.17, 15) is 8.42 Å². The molecule has 0 fully saturated rings. The third-order valence-electron chi connectivity index (χ3n) is 3.70. The zero-order valence-corrected chi connectivity index (χ0v) is 12.9. The average molecular weight is 294 g/mol. The van der Waals surface area contributed by atoms with E-state index in [-0.39, 0.29) is 0 Å². The van der Waals surface area contributed by atoms with Crippen molar-refractivity contribution in [2.24, 2.45) is 0 Å². The van der Waals surface area contributed by atoms with Gasteiger partial charge in [0.2, 0.25) is 10.0 Å². The lowest BCUT2D eigenvalue weighted by Crippen LogP contribution is -2.34. The Balaban J connectivity index is 2.54. The van der Waals surface area contributed by atoms with Crippen molar-refractivity contribution in [1.29, 1.82) is 0 Å². The molecule has 0 saturated heterocycles. The van der Waals surface area contributed by atoms with Gasteiger partial charge < -0.3 is 5.73 Å². The molecule has 0 aliphatic carbocycles. The van der Waals surface area contributed by atoms with Gasteiger partial charge in [-0.1, -0.05) is 26.0 Å². The second-order valence-corrected chi connectivity index (χ2v) is 6.90. The molecule has 1 aliphatic rings. The Morgan fingerprint density at radius 1 is 1.20 bits per heavy atom. The molecule has 1 aliphatic heterocycles. The van der Waals surface area contributed by atoms with Crippen molar-refractivity contribution in [1.82, 2.24) is 4.31 Å². The van der Waals surface area contributed by atoms with Crippen LogP contribution in [0.5, 0.6) is 0 Å². The molecule has 0 spiro atoms. The molecule has 0 saturated carbocycles. The number of hydrogen-bond donors (Lipinski definition) is 1. The Bertz CT molecular complexity index is 621. The van der Waals surface area contributed by atoms with Crippen molar-refractivity contribution in [3.05, 3.63) is 35.4 Å². The number of nitrogen functional groups attached to an aromatic ring is 1. The Labute approximate surface area is 121 Å². The van der Waals surface area contributed by atoms with Gasteiger partial charge in [0.1, 0.15) is 0 Å². The zero-order valence-electron chi connectivity index (χ0n) is 12.1. The van der Waals surface area contributed by atoms with E-state index in [0.717, 1.165) is 24.0 Å². The second-order valence-electron chi connectivity index (χ2n) is 4.99. The predicted octanol–water partition coefficient (Wildman–Crippen LogP) is 2.34. The van der Waals surface area contributed by atoms with Crippen LogP contribution in [0.2, 0.25) is 0 Å². The molecule has 0 aromatic heterocycles. The molecule has 0 unspecified atom stereocenters. The van der Waals surface area contributed by atoms with E-state index in [4.69, 9.17) is 5.73 Å². The zero-order chi connectivity index (χ0) is 14.8. The highest BCUT2D eigenvalue weighted by Gasteiger charge is 2.27. The number of hydrogen-bond acceptors (Lipinski definition) is 3. The number of sulfonamides is 1. The van der Waals surface area contributed by atoms with Crippen LogP contribution >= 0.6 is 0 Å². The first-order valence-corrected chi connectivity index (χ1v) is 8.51. The largest absolute Gasteiger partial charge is 0.398 e. The minimum absolute atomic E-state index is 0.382. The number of anilines is 1. The Morgan fingerprint density at radius 2 is 1.95 bits per heavy atom. The fraction of sp³-hybridized carbons (Fsp3) is 0.467. The Hall–Kier alpha value is -1.33. The highest BCUT2D eigenvalue weighted by Crippen LogP contribution is 2.28. The van der Waals surface area contributed by atoms with Crippen LogP contribution in [0.4, 0.5) is 5.69 Å². The summed E-state index contributed by atoms with van der Waals surface area (Å²) in [5, 5.41) is 0. The molecule has 1 aromatic carbocycles. The van der Waals surface area contributed by atoms with Gasteiger partial charge in [-0.3, -0.25) is 0 Å². The monoisotopic (exact) mass is 294 g/mol. The van der Waals surface area contributed by atoms with E-state index in [1.165, 1.54) is 4.31 Å². The third-order valence-corrected chi connectivity index (χ3v) is 5.64. The van der Waals surface area contributed by atoms with Crippen LogP contribution in [0.25, 0.3) is 0 Å². The molecule has 5 heteroatoms. The molecule has 0 radical (unpaired) electrons. The summed E-state index contributed by atoms with van der Waals surface area (Å²) in [5.41, 5.74) is 8.32. The van der Waals surface area contributed by atoms with Crippen LogP contribution in [0, 0.1) is 0 Å². The molecule has 1 aromatic rings. The lowest BCUT2D eigenvalue weighted by molar-refractivity contribution is 0.437. The summed E-state index contributed by atoms with van der Waals surface area (Å²) in [7, 11) is -3.46. The normalized spacial score (nSPS) is 16.5. The average Bonchev–Trinajstić information content (AvgIpc) is 2.47. The van der Waals surface area contributed by atoms with E-state index in [1.54, 1.807) is 6.07 Å². The Morgan fingerprint density at radius 3 is 2.50 bits per heavy atom. The van der Waals surface area contributed by atoms with Crippen molar-refractivity contribution >= 4 is 15.7 Å². The SMILES string of the molecule is CCc1cc(N)c(CC)c(S(=O)(=O)N2CC=CCC2)c1. The molecule has 0 amide bonds. The van der Waals surface area contributed by atoms with Gasteiger partial charge in [0.25, 0.3) is 0 Å². The van der Waals surface area contributed by atoms with E-state index in [0.29, 0.717) is 30.1 Å². The first-order valence-electron chi connectivity index (χ1n) is 7.07. The molecular formula is C15H22N2O2S. The lowest BCUT2D eigenvalue weighted by atomic mass is 10.1. The first kappa shape index (κ1) is 15.1. The summed E-state index contributed by atoms with van der Waals surface area (Å²) in [6.07, 6.45) is 6.08. The fourth-order valence-electron chi connectivity index (χ4n) is 2.52. The summed E-state index contributed by atoms with van der Waals surface area (Å²) < 4.78 is 27.2. The predicted molar refractivity (Wildman–Crippen MR) is 82.1 cm³/mol. The minimum atomic E-state index is -3.46. The van der Waals surface area contributed by atoms with Crippen LogP contribution < -0.4 is 5.73 Å². The standard InChI is InChI=1S/C15H22N2O2S/c1-3-12-10-14(16)13(4-2)15(11-12)20(18,19)17-8-6-5-7-9-17/h5-6,10-11H,3-4,7-9,16H2,1-2H3. The molecule has 110 valence electrons. The van der Waals surface area contributed by atoms with E-state index in [2.05, 4.69) is 0 Å². The molecule has 0 atom stereocenters. The Kier molecular flexibility index (Phi) is 4.50. The summed E-state index contributed by atoms with van der Waals surface area (Å²) >= 11 is 0. The first-order chi connectivity index (χ1) is 9.50. The van der Waals surface area contributed by atoms with Gasteiger partial charge >= 0.3 is 0 Å². The van der Waals surface area contributed by atoms with Crippen molar-refractivity contribution in [3.63, 3.8) is 0 Å². The van der Waals surface area contributed by atoms with E-state index < -0.39 is 10.0 Å². The molecule has 2 N–H and O–H groups in total. The summed E-state index contributed by atoms with van der Waals surface area (Å²) in [4.78, 5) is 0.382. The van der Waals surface area contributed by atoms with Gasteiger partial charge in [0.15, 0.2) is 0 Å². The van der Waals surface area contributed by atoms with Gasteiger partial charge in [0.05, 0.1) is 4.90 Å². The number of benzene rings is 1. The summed E-state index contributed by atoms with van der Waals surface area (Å²) in [5.74, 6) is 0. The molecule has 1 heterocycles. The highest BCUT2D eigenvalue weighted by atomic mass is 32.2. The highest BCUT2D eigenvalue weighted by molar-refractivity contribution is 7.89. The van der Waals surface area contributed by atoms with Gasteiger partial charge in [-0.2, -0.15) is 4.31 Å². The van der Waals surface area contributed by atoms with Crippen LogP contribution in [0.3, 0.4) is 0 Å². The second kappa shape index (κ2) is 5.97. The van der Waals surface area contributed by atoms with Crippen LogP contribution in [-0.2, 0) is 22.9 Å². The van der Waals surface area contributed by atoms with Gasteiger partial charge in [0, 0.05) is 18.8 Å². The maximum absolute atomic E-state index is 12.8. The van der Waals surface area contributed by atoms with Crippen LogP contribution in [-0.4, -0.2) is 25.8 Å². The van der Waals surface area contributed by atoms with Gasteiger partial charge in [-0.05, 0) is 42.5 Å². The fourth-order valence-corrected chi connectivity index (χ4v) is 4.30. The number of aryl methyl sites for hydroxylation is 1. The molecule has 4 nitrogen and oxygen atoms in total. The number of nitrogens with two attached hydrogens (primary N) is 1. The maximum Gasteiger partial charge on any atom is 0.243 e. The lowest BCUT2D eigenvalue weighted by Gasteiger charge is -2.25. The summed E-state index contributed by atoms with van der Waals surface area (Å²) in [6.45, 7) is 4.92. The topological polar surface area (TPSA) is 63.4 Å². The van der Waals surface area contributed by atoms with Crippen LogP contribution in [0.15, 0.2) is 29.2 Å².